The van der Waals surface area contributed by atoms with Gasteiger partial charge in [0.15, 0.2) is 0 Å². The minimum atomic E-state index is -0.212. The Hall–Kier alpha value is -1.71. The summed E-state index contributed by atoms with van der Waals surface area (Å²) in [6, 6.07) is 7.24. The Balaban J connectivity index is 2.62. The van der Waals surface area contributed by atoms with Crippen LogP contribution in [-0.4, -0.2) is 19.2 Å². The number of benzene rings is 1. The molecule has 1 aromatic rings. The van der Waals surface area contributed by atoms with E-state index in [1.165, 1.54) is 0 Å². The number of para-hydroxylation sites is 2. The molecule has 4 heteroatoms. The molecule has 0 radical (unpaired) electrons. The van der Waals surface area contributed by atoms with Crippen LogP contribution in [0.15, 0.2) is 24.3 Å². The first-order valence-corrected chi connectivity index (χ1v) is 5.75. The summed E-state index contributed by atoms with van der Waals surface area (Å²) in [5.74, 6) is 1.05. The third-order valence-electron chi connectivity index (χ3n) is 2.71. The molecule has 0 heterocycles. The van der Waals surface area contributed by atoms with E-state index in [4.69, 9.17) is 4.74 Å². The van der Waals surface area contributed by atoms with E-state index in [2.05, 4.69) is 24.5 Å². The number of hydrogen-bond donors (Lipinski definition) is 2. The van der Waals surface area contributed by atoms with Crippen molar-refractivity contribution in [2.24, 2.45) is 5.92 Å². The Morgan fingerprint density at radius 1 is 1.24 bits per heavy atom. The number of hydrogen-bond acceptors (Lipinski definition) is 2. The van der Waals surface area contributed by atoms with E-state index in [9.17, 15) is 4.79 Å². The standard InChI is InChI=1S/C13H20N2O2/c1-9(2)10(3)14-13(16)15-11-7-5-6-8-12(11)17-4/h5-10H,1-4H3,(H2,14,15,16)/t10-/m0/s1. The van der Waals surface area contributed by atoms with E-state index in [0.717, 1.165) is 0 Å². The lowest BCUT2D eigenvalue weighted by Gasteiger charge is -2.18. The van der Waals surface area contributed by atoms with Crippen LogP contribution in [0.25, 0.3) is 0 Å². The number of carbonyl (C=O) groups is 1. The van der Waals surface area contributed by atoms with Crippen LogP contribution >= 0.6 is 0 Å². The predicted molar refractivity (Wildman–Crippen MR) is 69.4 cm³/mol. The number of anilines is 1. The van der Waals surface area contributed by atoms with Crippen molar-refractivity contribution in [3.63, 3.8) is 0 Å². The van der Waals surface area contributed by atoms with Crippen molar-refractivity contribution in [3.8, 4) is 5.75 Å². The molecule has 0 saturated carbocycles. The van der Waals surface area contributed by atoms with Gasteiger partial charge >= 0.3 is 6.03 Å². The zero-order chi connectivity index (χ0) is 12.8. The largest absolute Gasteiger partial charge is 0.495 e. The van der Waals surface area contributed by atoms with E-state index in [1.54, 1.807) is 13.2 Å². The van der Waals surface area contributed by atoms with Crippen molar-refractivity contribution in [2.45, 2.75) is 26.8 Å². The first-order valence-electron chi connectivity index (χ1n) is 5.75. The molecular formula is C13H20N2O2. The smallest absolute Gasteiger partial charge is 0.319 e. The Bertz CT molecular complexity index is 377. The van der Waals surface area contributed by atoms with Crippen LogP contribution in [0.2, 0.25) is 0 Å². The zero-order valence-corrected chi connectivity index (χ0v) is 10.8. The first-order chi connectivity index (χ1) is 8.04. The van der Waals surface area contributed by atoms with Gasteiger partial charge in [-0.05, 0) is 25.0 Å². The average molecular weight is 236 g/mol. The van der Waals surface area contributed by atoms with Gasteiger partial charge in [-0.25, -0.2) is 4.79 Å². The maximum atomic E-state index is 11.7. The zero-order valence-electron chi connectivity index (χ0n) is 10.8. The van der Waals surface area contributed by atoms with Crippen molar-refractivity contribution in [2.75, 3.05) is 12.4 Å². The Kier molecular flexibility index (Phi) is 4.82. The Morgan fingerprint density at radius 3 is 2.47 bits per heavy atom. The van der Waals surface area contributed by atoms with Crippen LogP contribution in [0, 0.1) is 5.92 Å². The molecular weight excluding hydrogens is 216 g/mol. The van der Waals surface area contributed by atoms with Gasteiger partial charge in [0.05, 0.1) is 12.8 Å². The minimum absolute atomic E-state index is 0.129. The second-order valence-corrected chi connectivity index (χ2v) is 4.33. The fourth-order valence-electron chi connectivity index (χ4n) is 1.28. The summed E-state index contributed by atoms with van der Waals surface area (Å²) in [4.78, 5) is 11.7. The average Bonchev–Trinajstić information content (AvgIpc) is 2.29. The highest BCUT2D eigenvalue weighted by atomic mass is 16.5. The number of urea groups is 1. The molecule has 0 unspecified atom stereocenters. The van der Waals surface area contributed by atoms with Gasteiger partial charge in [-0.2, -0.15) is 0 Å². The number of nitrogens with one attached hydrogen (secondary N) is 2. The van der Waals surface area contributed by atoms with E-state index in [0.29, 0.717) is 17.4 Å². The lowest BCUT2D eigenvalue weighted by atomic mass is 10.1. The first kappa shape index (κ1) is 13.4. The van der Waals surface area contributed by atoms with Gasteiger partial charge in [0.1, 0.15) is 5.75 Å². The summed E-state index contributed by atoms with van der Waals surface area (Å²) < 4.78 is 5.16. The third-order valence-corrected chi connectivity index (χ3v) is 2.71. The Morgan fingerprint density at radius 2 is 1.88 bits per heavy atom. The fourth-order valence-corrected chi connectivity index (χ4v) is 1.28. The monoisotopic (exact) mass is 236 g/mol. The normalized spacial score (nSPS) is 12.1. The van der Waals surface area contributed by atoms with Gasteiger partial charge in [-0.1, -0.05) is 26.0 Å². The van der Waals surface area contributed by atoms with E-state index in [1.807, 2.05) is 25.1 Å². The lowest BCUT2D eigenvalue weighted by molar-refractivity contribution is 0.246. The van der Waals surface area contributed by atoms with Crippen molar-refractivity contribution in [1.29, 1.82) is 0 Å². The SMILES string of the molecule is COc1ccccc1NC(=O)N[C@@H](C)C(C)C. The maximum absolute atomic E-state index is 11.7. The molecule has 0 aromatic heterocycles. The van der Waals surface area contributed by atoms with Crippen LogP contribution in [0.1, 0.15) is 20.8 Å². The highest BCUT2D eigenvalue weighted by Crippen LogP contribution is 2.22. The molecule has 1 atom stereocenters. The lowest BCUT2D eigenvalue weighted by Crippen LogP contribution is -2.39. The predicted octanol–water partition coefficient (Wildman–Crippen LogP) is 2.86. The molecule has 17 heavy (non-hydrogen) atoms. The number of ether oxygens (including phenoxy) is 1. The highest BCUT2D eigenvalue weighted by Gasteiger charge is 2.11. The van der Waals surface area contributed by atoms with E-state index in [-0.39, 0.29) is 12.1 Å². The van der Waals surface area contributed by atoms with Gasteiger partial charge in [0.2, 0.25) is 0 Å². The van der Waals surface area contributed by atoms with Crippen LogP contribution in [0.5, 0.6) is 5.75 Å². The third kappa shape index (κ3) is 3.98. The summed E-state index contributed by atoms with van der Waals surface area (Å²) in [6.45, 7) is 6.11. The maximum Gasteiger partial charge on any atom is 0.319 e. The number of rotatable bonds is 4. The molecule has 1 aromatic carbocycles. The molecule has 0 aliphatic heterocycles. The van der Waals surface area contributed by atoms with Crippen LogP contribution in [-0.2, 0) is 0 Å². The number of carbonyl (C=O) groups excluding carboxylic acids is 1. The van der Waals surface area contributed by atoms with Crippen molar-refractivity contribution in [1.82, 2.24) is 5.32 Å². The van der Waals surface area contributed by atoms with Crippen molar-refractivity contribution >= 4 is 11.7 Å². The van der Waals surface area contributed by atoms with Crippen molar-refractivity contribution < 1.29 is 9.53 Å². The van der Waals surface area contributed by atoms with Gasteiger partial charge < -0.3 is 15.4 Å². The molecule has 2 N–H and O–H groups in total. The topological polar surface area (TPSA) is 50.4 Å². The molecule has 0 aliphatic rings. The summed E-state index contributed by atoms with van der Waals surface area (Å²) in [7, 11) is 1.58. The number of methoxy groups -OCH3 is 1. The van der Waals surface area contributed by atoms with Crippen LogP contribution in [0.3, 0.4) is 0 Å². The van der Waals surface area contributed by atoms with E-state index < -0.39 is 0 Å². The second-order valence-electron chi connectivity index (χ2n) is 4.33. The summed E-state index contributed by atoms with van der Waals surface area (Å²) in [5, 5.41) is 5.65. The molecule has 0 saturated heterocycles. The van der Waals surface area contributed by atoms with Gasteiger partial charge in [-0.15, -0.1) is 0 Å². The molecule has 1 rings (SSSR count). The quantitative estimate of drug-likeness (QED) is 0.844. The number of amides is 2. The molecule has 2 amide bonds. The van der Waals surface area contributed by atoms with Crippen molar-refractivity contribution in [3.05, 3.63) is 24.3 Å². The molecule has 0 fully saturated rings. The van der Waals surface area contributed by atoms with Gasteiger partial charge in [0.25, 0.3) is 0 Å². The van der Waals surface area contributed by atoms with Crippen LogP contribution in [0.4, 0.5) is 10.5 Å². The van der Waals surface area contributed by atoms with Gasteiger partial charge in [-0.3, -0.25) is 0 Å². The molecule has 0 aliphatic carbocycles. The van der Waals surface area contributed by atoms with Crippen LogP contribution < -0.4 is 15.4 Å². The fraction of sp³-hybridized carbons (Fsp3) is 0.462. The molecule has 4 nitrogen and oxygen atoms in total. The highest BCUT2D eigenvalue weighted by molar-refractivity contribution is 5.91. The van der Waals surface area contributed by atoms with Gasteiger partial charge in [0, 0.05) is 6.04 Å². The Labute approximate surface area is 102 Å². The molecule has 0 spiro atoms. The summed E-state index contributed by atoms with van der Waals surface area (Å²) >= 11 is 0. The molecule has 94 valence electrons. The summed E-state index contributed by atoms with van der Waals surface area (Å²) in [6.07, 6.45) is 0. The van der Waals surface area contributed by atoms with E-state index >= 15 is 0 Å². The summed E-state index contributed by atoms with van der Waals surface area (Å²) in [5.41, 5.74) is 0.670. The second kappa shape index (κ2) is 6.13. The molecule has 0 bridgehead atoms. The minimum Gasteiger partial charge on any atom is -0.495 e.